The minimum absolute atomic E-state index is 0.474. The molecule has 0 fully saturated rings. The number of thioether (sulfide) groups is 1. The molecule has 1 atom stereocenters. The molecule has 4 heteroatoms. The van der Waals surface area contributed by atoms with E-state index in [1.807, 2.05) is 0 Å². The molecule has 0 amide bonds. The second-order valence-corrected chi connectivity index (χ2v) is 4.84. The second-order valence-electron chi connectivity index (χ2n) is 3.68. The summed E-state index contributed by atoms with van der Waals surface area (Å²) in [5.41, 5.74) is 1.25. The zero-order valence-corrected chi connectivity index (χ0v) is 10.4. The molecule has 16 heavy (non-hydrogen) atoms. The normalized spacial score (nSPS) is 12.4. The fourth-order valence-electron chi connectivity index (χ4n) is 1.17. The van der Waals surface area contributed by atoms with Gasteiger partial charge in [0, 0.05) is 17.2 Å². The van der Waals surface area contributed by atoms with E-state index >= 15 is 0 Å². The molecule has 1 rings (SSSR count). The van der Waals surface area contributed by atoms with Gasteiger partial charge in [-0.05, 0) is 26.0 Å². The van der Waals surface area contributed by atoms with E-state index in [1.165, 1.54) is 10.5 Å². The van der Waals surface area contributed by atoms with Crippen molar-refractivity contribution in [3.05, 3.63) is 29.8 Å². The Kier molecular flexibility index (Phi) is 5.35. The lowest BCUT2D eigenvalue weighted by Crippen LogP contribution is -2.35. The summed E-state index contributed by atoms with van der Waals surface area (Å²) >= 11 is 1.73. The summed E-state index contributed by atoms with van der Waals surface area (Å²) in [6.07, 6.45) is 0. The first-order chi connectivity index (χ1) is 7.59. The maximum absolute atomic E-state index is 10.5. The smallest absolute Gasteiger partial charge is 0.320 e. The van der Waals surface area contributed by atoms with Crippen molar-refractivity contribution in [2.75, 3.05) is 12.3 Å². The van der Waals surface area contributed by atoms with Gasteiger partial charge in [-0.1, -0.05) is 17.7 Å². The van der Waals surface area contributed by atoms with Gasteiger partial charge in [0.05, 0.1) is 0 Å². The number of rotatable bonds is 6. The molecule has 1 aromatic carbocycles. The molecule has 0 aliphatic carbocycles. The standard InChI is InChI=1S/C12H17NO2S/c1-9-3-5-11(6-4-9)16-8-7-13-10(2)12(14)15/h3-6,10,13H,7-8H2,1-2H3,(H,14,15)/t10-/m0/s1. The predicted octanol–water partition coefficient (Wildman–Crippen LogP) is 2.15. The molecule has 0 saturated heterocycles. The minimum Gasteiger partial charge on any atom is -0.480 e. The second kappa shape index (κ2) is 6.55. The van der Waals surface area contributed by atoms with Crippen LogP contribution in [0.1, 0.15) is 12.5 Å². The van der Waals surface area contributed by atoms with E-state index < -0.39 is 12.0 Å². The van der Waals surface area contributed by atoms with E-state index in [2.05, 4.69) is 36.5 Å². The molecule has 0 saturated carbocycles. The molecular formula is C12H17NO2S. The largest absolute Gasteiger partial charge is 0.480 e. The highest BCUT2D eigenvalue weighted by atomic mass is 32.2. The number of carboxylic acid groups (broad SMARTS) is 1. The third kappa shape index (κ3) is 4.68. The van der Waals surface area contributed by atoms with Crippen LogP contribution in [0.4, 0.5) is 0 Å². The first kappa shape index (κ1) is 13.1. The summed E-state index contributed by atoms with van der Waals surface area (Å²) in [4.78, 5) is 11.7. The van der Waals surface area contributed by atoms with Crippen molar-refractivity contribution in [3.8, 4) is 0 Å². The topological polar surface area (TPSA) is 49.3 Å². The number of aryl methyl sites for hydroxylation is 1. The van der Waals surface area contributed by atoms with E-state index in [0.717, 1.165) is 5.75 Å². The summed E-state index contributed by atoms with van der Waals surface area (Å²) in [6, 6.07) is 7.85. The van der Waals surface area contributed by atoms with Crippen molar-refractivity contribution >= 4 is 17.7 Å². The zero-order valence-electron chi connectivity index (χ0n) is 9.56. The van der Waals surface area contributed by atoms with Crippen LogP contribution in [-0.4, -0.2) is 29.4 Å². The fraction of sp³-hybridized carbons (Fsp3) is 0.417. The lowest BCUT2D eigenvalue weighted by molar-refractivity contribution is -0.138. The highest BCUT2D eigenvalue weighted by Crippen LogP contribution is 2.17. The molecular weight excluding hydrogens is 222 g/mol. The van der Waals surface area contributed by atoms with Crippen LogP contribution in [0.15, 0.2) is 29.2 Å². The van der Waals surface area contributed by atoms with Gasteiger partial charge in [-0.2, -0.15) is 0 Å². The molecule has 0 spiro atoms. The molecule has 0 aliphatic rings. The van der Waals surface area contributed by atoms with Crippen LogP contribution in [0, 0.1) is 6.92 Å². The Morgan fingerprint density at radius 1 is 1.44 bits per heavy atom. The lowest BCUT2D eigenvalue weighted by Gasteiger charge is -2.08. The average Bonchev–Trinajstić information content (AvgIpc) is 2.26. The zero-order chi connectivity index (χ0) is 12.0. The third-order valence-electron chi connectivity index (χ3n) is 2.21. The van der Waals surface area contributed by atoms with Gasteiger partial charge in [0.15, 0.2) is 0 Å². The van der Waals surface area contributed by atoms with Gasteiger partial charge < -0.3 is 10.4 Å². The van der Waals surface area contributed by atoms with Gasteiger partial charge in [0.2, 0.25) is 0 Å². The molecule has 88 valence electrons. The summed E-state index contributed by atoms with van der Waals surface area (Å²) in [6.45, 7) is 4.41. The first-order valence-electron chi connectivity index (χ1n) is 5.25. The molecule has 1 aromatic rings. The Hall–Kier alpha value is -1.00. The van der Waals surface area contributed by atoms with E-state index in [0.29, 0.717) is 6.54 Å². The Balaban J connectivity index is 2.21. The molecule has 0 heterocycles. The van der Waals surface area contributed by atoms with Gasteiger partial charge in [-0.25, -0.2) is 0 Å². The summed E-state index contributed by atoms with van der Waals surface area (Å²) in [7, 11) is 0. The predicted molar refractivity (Wildman–Crippen MR) is 67.0 cm³/mol. The van der Waals surface area contributed by atoms with Crippen molar-refractivity contribution in [1.29, 1.82) is 0 Å². The Bertz CT molecular complexity index is 337. The van der Waals surface area contributed by atoms with Crippen LogP contribution in [0.3, 0.4) is 0 Å². The maximum atomic E-state index is 10.5. The summed E-state index contributed by atoms with van der Waals surface area (Å²) in [5, 5.41) is 11.6. The maximum Gasteiger partial charge on any atom is 0.320 e. The van der Waals surface area contributed by atoms with Crippen LogP contribution in [0.5, 0.6) is 0 Å². The summed E-state index contributed by atoms with van der Waals surface area (Å²) < 4.78 is 0. The fourth-order valence-corrected chi connectivity index (χ4v) is 1.95. The van der Waals surface area contributed by atoms with Gasteiger partial charge in [0.1, 0.15) is 6.04 Å². The van der Waals surface area contributed by atoms with Gasteiger partial charge in [-0.15, -0.1) is 11.8 Å². The third-order valence-corrected chi connectivity index (χ3v) is 3.23. The van der Waals surface area contributed by atoms with Crippen molar-refractivity contribution < 1.29 is 9.90 Å². The van der Waals surface area contributed by atoms with Gasteiger partial charge in [0.25, 0.3) is 0 Å². The number of nitrogens with one attached hydrogen (secondary N) is 1. The summed E-state index contributed by atoms with van der Waals surface area (Å²) in [5.74, 6) is 0.0704. The average molecular weight is 239 g/mol. The number of hydrogen-bond acceptors (Lipinski definition) is 3. The minimum atomic E-state index is -0.805. The number of hydrogen-bond donors (Lipinski definition) is 2. The highest BCUT2D eigenvalue weighted by molar-refractivity contribution is 7.99. The van der Waals surface area contributed by atoms with Crippen LogP contribution < -0.4 is 5.32 Å². The Labute approximate surface area is 100 Å². The molecule has 0 bridgehead atoms. The molecule has 0 aromatic heterocycles. The van der Waals surface area contributed by atoms with Gasteiger partial charge >= 0.3 is 5.97 Å². The van der Waals surface area contributed by atoms with E-state index in [1.54, 1.807) is 18.7 Å². The molecule has 0 radical (unpaired) electrons. The van der Waals surface area contributed by atoms with Crippen LogP contribution >= 0.6 is 11.8 Å². The highest BCUT2D eigenvalue weighted by Gasteiger charge is 2.08. The van der Waals surface area contributed by atoms with Crippen molar-refractivity contribution in [1.82, 2.24) is 5.32 Å². The monoisotopic (exact) mass is 239 g/mol. The number of benzene rings is 1. The lowest BCUT2D eigenvalue weighted by atomic mass is 10.2. The SMILES string of the molecule is Cc1ccc(SCCN[C@@H](C)C(=O)O)cc1. The molecule has 2 N–H and O–H groups in total. The first-order valence-corrected chi connectivity index (χ1v) is 6.24. The quantitative estimate of drug-likeness (QED) is 0.590. The van der Waals surface area contributed by atoms with Gasteiger partial charge in [-0.3, -0.25) is 4.79 Å². The van der Waals surface area contributed by atoms with Crippen molar-refractivity contribution in [2.24, 2.45) is 0 Å². The number of aliphatic carboxylic acids is 1. The van der Waals surface area contributed by atoms with E-state index in [4.69, 9.17) is 5.11 Å². The Morgan fingerprint density at radius 2 is 2.06 bits per heavy atom. The molecule has 0 aliphatic heterocycles. The van der Waals surface area contributed by atoms with Crippen LogP contribution in [0.25, 0.3) is 0 Å². The van der Waals surface area contributed by atoms with Crippen LogP contribution in [-0.2, 0) is 4.79 Å². The van der Waals surface area contributed by atoms with Crippen LogP contribution in [0.2, 0.25) is 0 Å². The molecule has 0 unspecified atom stereocenters. The van der Waals surface area contributed by atoms with Crippen molar-refractivity contribution in [3.63, 3.8) is 0 Å². The number of carboxylic acids is 1. The Morgan fingerprint density at radius 3 is 2.62 bits per heavy atom. The number of carbonyl (C=O) groups is 1. The molecule has 3 nitrogen and oxygen atoms in total. The van der Waals surface area contributed by atoms with E-state index in [9.17, 15) is 4.79 Å². The van der Waals surface area contributed by atoms with E-state index in [-0.39, 0.29) is 0 Å². The van der Waals surface area contributed by atoms with Crippen molar-refractivity contribution in [2.45, 2.75) is 24.8 Å².